The first-order valence-corrected chi connectivity index (χ1v) is 4.44. The van der Waals surface area contributed by atoms with E-state index >= 15 is 0 Å². The van der Waals surface area contributed by atoms with E-state index in [0.29, 0.717) is 0 Å². The van der Waals surface area contributed by atoms with Gasteiger partial charge < -0.3 is 9.80 Å². The Morgan fingerprint density at radius 2 is 2.00 bits per heavy atom. The lowest BCUT2D eigenvalue weighted by atomic mass is 10.3. The molecule has 0 N–H and O–H groups in total. The summed E-state index contributed by atoms with van der Waals surface area (Å²) in [6.45, 7) is -0.903. The summed E-state index contributed by atoms with van der Waals surface area (Å²) in [4.78, 5) is 13.7. The first-order chi connectivity index (χ1) is 6.34. The third-order valence-corrected chi connectivity index (χ3v) is 2.95. The first kappa shape index (κ1) is 9.61. The predicted octanol–water partition coefficient (Wildman–Crippen LogP) is 1.45. The molecule has 0 atom stereocenters. The van der Waals surface area contributed by atoms with Crippen molar-refractivity contribution in [1.82, 2.24) is 9.80 Å². The van der Waals surface area contributed by atoms with Crippen molar-refractivity contribution in [3.63, 3.8) is 0 Å². The molecule has 14 heavy (non-hydrogen) atoms. The van der Waals surface area contributed by atoms with Crippen LogP contribution in [0.3, 0.4) is 0 Å². The maximum atomic E-state index is 12.1. The first-order valence-electron chi connectivity index (χ1n) is 4.44. The SMILES string of the molecule is CN1C(=O)N(CC(F)(F)F)CC12CC2. The third-order valence-electron chi connectivity index (χ3n) is 2.95. The van der Waals surface area contributed by atoms with Gasteiger partial charge in [-0.05, 0) is 12.8 Å². The van der Waals surface area contributed by atoms with Gasteiger partial charge in [0.1, 0.15) is 6.54 Å². The summed E-state index contributed by atoms with van der Waals surface area (Å²) in [5, 5.41) is 0. The molecular weight excluding hydrogens is 197 g/mol. The van der Waals surface area contributed by atoms with E-state index in [9.17, 15) is 18.0 Å². The van der Waals surface area contributed by atoms with Crippen molar-refractivity contribution in [2.45, 2.75) is 24.6 Å². The zero-order valence-corrected chi connectivity index (χ0v) is 7.76. The highest BCUT2D eigenvalue weighted by molar-refractivity contribution is 5.78. The zero-order valence-electron chi connectivity index (χ0n) is 7.76. The molecule has 1 saturated heterocycles. The molecule has 80 valence electrons. The Kier molecular flexibility index (Phi) is 1.75. The highest BCUT2D eigenvalue weighted by atomic mass is 19.4. The molecule has 0 aromatic carbocycles. The second-order valence-electron chi connectivity index (χ2n) is 4.04. The zero-order chi connectivity index (χ0) is 10.6. The number of carbonyl (C=O) groups is 1. The second-order valence-corrected chi connectivity index (χ2v) is 4.04. The van der Waals surface area contributed by atoms with Gasteiger partial charge in [0.2, 0.25) is 0 Å². The molecule has 3 nitrogen and oxygen atoms in total. The number of carbonyl (C=O) groups excluding carboxylic acids is 1. The summed E-state index contributed by atoms with van der Waals surface area (Å²) < 4.78 is 36.2. The fourth-order valence-corrected chi connectivity index (χ4v) is 1.92. The van der Waals surface area contributed by atoms with Gasteiger partial charge in [0.15, 0.2) is 0 Å². The number of alkyl halides is 3. The molecule has 0 radical (unpaired) electrons. The molecule has 0 bridgehead atoms. The lowest BCUT2D eigenvalue weighted by Gasteiger charge is -2.17. The maximum absolute atomic E-state index is 12.1. The van der Waals surface area contributed by atoms with Gasteiger partial charge in [-0.1, -0.05) is 0 Å². The average molecular weight is 208 g/mol. The third kappa shape index (κ3) is 1.42. The van der Waals surface area contributed by atoms with Crippen LogP contribution in [0.4, 0.5) is 18.0 Å². The van der Waals surface area contributed by atoms with Crippen LogP contribution in [0.1, 0.15) is 12.8 Å². The van der Waals surface area contributed by atoms with Crippen molar-refractivity contribution < 1.29 is 18.0 Å². The number of hydrogen-bond acceptors (Lipinski definition) is 1. The highest BCUT2D eigenvalue weighted by Gasteiger charge is 2.57. The number of halogens is 3. The van der Waals surface area contributed by atoms with Crippen LogP contribution in [-0.2, 0) is 0 Å². The fraction of sp³-hybridized carbons (Fsp3) is 0.875. The quantitative estimate of drug-likeness (QED) is 0.639. The van der Waals surface area contributed by atoms with Crippen LogP contribution >= 0.6 is 0 Å². The second kappa shape index (κ2) is 2.55. The number of nitrogens with zero attached hydrogens (tertiary/aromatic N) is 2. The molecule has 1 aliphatic heterocycles. The van der Waals surface area contributed by atoms with Gasteiger partial charge >= 0.3 is 12.2 Å². The normalized spacial score (nSPS) is 25.0. The molecule has 1 spiro atoms. The van der Waals surface area contributed by atoms with Crippen molar-refractivity contribution in [2.75, 3.05) is 20.1 Å². The molecule has 2 amide bonds. The Morgan fingerprint density at radius 1 is 1.43 bits per heavy atom. The van der Waals surface area contributed by atoms with Crippen LogP contribution < -0.4 is 0 Å². The number of likely N-dealkylation sites (N-methyl/N-ethyl adjacent to an activating group) is 1. The summed E-state index contributed by atoms with van der Waals surface area (Å²) in [5.41, 5.74) is -0.275. The Hall–Kier alpha value is -0.940. The van der Waals surface area contributed by atoms with Gasteiger partial charge in [-0.15, -0.1) is 0 Å². The van der Waals surface area contributed by atoms with Gasteiger partial charge in [0.05, 0.1) is 5.54 Å². The van der Waals surface area contributed by atoms with E-state index in [4.69, 9.17) is 0 Å². The van der Waals surface area contributed by atoms with Crippen LogP contribution in [0.2, 0.25) is 0 Å². The largest absolute Gasteiger partial charge is 0.406 e. The molecule has 2 aliphatic rings. The molecule has 6 heteroatoms. The molecule has 0 unspecified atom stereocenters. The molecule has 1 heterocycles. The number of amides is 2. The van der Waals surface area contributed by atoms with Crippen molar-refractivity contribution >= 4 is 6.03 Å². The van der Waals surface area contributed by atoms with Gasteiger partial charge in [-0.2, -0.15) is 13.2 Å². The smallest absolute Gasteiger partial charge is 0.320 e. The van der Waals surface area contributed by atoms with E-state index in [1.54, 1.807) is 7.05 Å². The summed E-state index contributed by atoms with van der Waals surface area (Å²) in [7, 11) is 1.58. The summed E-state index contributed by atoms with van der Waals surface area (Å²) >= 11 is 0. The van der Waals surface area contributed by atoms with E-state index in [0.717, 1.165) is 17.7 Å². The Labute approximate surface area is 79.5 Å². The molecule has 0 aromatic rings. The highest BCUT2D eigenvalue weighted by Crippen LogP contribution is 2.46. The molecule has 2 rings (SSSR count). The lowest BCUT2D eigenvalue weighted by Crippen LogP contribution is -2.37. The Morgan fingerprint density at radius 3 is 2.36 bits per heavy atom. The average Bonchev–Trinajstić information content (AvgIpc) is 2.75. The van der Waals surface area contributed by atoms with Gasteiger partial charge in [0.25, 0.3) is 0 Å². The minimum atomic E-state index is -4.29. The van der Waals surface area contributed by atoms with Crippen LogP contribution in [-0.4, -0.2) is 47.7 Å². The summed E-state index contributed by atoms with van der Waals surface area (Å²) in [6.07, 6.45) is -2.65. The van der Waals surface area contributed by atoms with E-state index in [-0.39, 0.29) is 12.1 Å². The van der Waals surface area contributed by atoms with E-state index in [2.05, 4.69) is 0 Å². The predicted molar refractivity (Wildman–Crippen MR) is 42.8 cm³/mol. The molecule has 0 aromatic heterocycles. The Bertz CT molecular complexity index is 270. The van der Waals surface area contributed by atoms with E-state index in [1.807, 2.05) is 0 Å². The summed E-state index contributed by atoms with van der Waals surface area (Å²) in [6, 6.07) is -0.500. The topological polar surface area (TPSA) is 23.6 Å². The standard InChI is InChI=1S/C8H11F3N2O/c1-12-6(14)13(5-8(9,10)11)4-7(12)2-3-7/h2-5H2,1H3. The minimum Gasteiger partial charge on any atom is -0.320 e. The van der Waals surface area contributed by atoms with Crippen LogP contribution in [0.25, 0.3) is 0 Å². The van der Waals surface area contributed by atoms with Gasteiger partial charge in [0, 0.05) is 13.6 Å². The van der Waals surface area contributed by atoms with Gasteiger partial charge in [-0.25, -0.2) is 4.79 Å². The Balaban J connectivity index is 2.06. The molecule has 2 fully saturated rings. The van der Waals surface area contributed by atoms with Crippen LogP contribution in [0.5, 0.6) is 0 Å². The number of hydrogen-bond donors (Lipinski definition) is 0. The van der Waals surface area contributed by atoms with Crippen molar-refractivity contribution in [1.29, 1.82) is 0 Å². The van der Waals surface area contributed by atoms with Crippen molar-refractivity contribution in [3.8, 4) is 0 Å². The van der Waals surface area contributed by atoms with E-state index in [1.165, 1.54) is 4.90 Å². The van der Waals surface area contributed by atoms with Crippen molar-refractivity contribution in [2.24, 2.45) is 0 Å². The van der Waals surface area contributed by atoms with Crippen molar-refractivity contribution in [3.05, 3.63) is 0 Å². The lowest BCUT2D eigenvalue weighted by molar-refractivity contribution is -0.138. The maximum Gasteiger partial charge on any atom is 0.406 e. The molecule has 1 saturated carbocycles. The molecular formula is C8H11F3N2O. The van der Waals surface area contributed by atoms with Gasteiger partial charge in [-0.3, -0.25) is 0 Å². The van der Waals surface area contributed by atoms with Crippen LogP contribution in [0.15, 0.2) is 0 Å². The summed E-state index contributed by atoms with van der Waals surface area (Å²) in [5.74, 6) is 0. The monoisotopic (exact) mass is 208 g/mol. The van der Waals surface area contributed by atoms with Crippen LogP contribution in [0, 0.1) is 0 Å². The molecule has 1 aliphatic carbocycles. The van der Waals surface area contributed by atoms with E-state index < -0.39 is 18.8 Å². The fourth-order valence-electron chi connectivity index (χ4n) is 1.92. The number of urea groups is 1. The minimum absolute atomic E-state index is 0.224. The number of rotatable bonds is 1.